The van der Waals surface area contributed by atoms with Crippen molar-refractivity contribution in [2.24, 2.45) is 22.1 Å². The smallest absolute Gasteiger partial charge is 0.254 e. The van der Waals surface area contributed by atoms with E-state index >= 15 is 0 Å². The molecular weight excluding hydrogens is 568 g/mol. The van der Waals surface area contributed by atoms with E-state index in [1.165, 1.54) is 11.1 Å². The topological polar surface area (TPSA) is 68.2 Å². The van der Waals surface area contributed by atoms with Crippen molar-refractivity contribution in [1.82, 2.24) is 0 Å². The van der Waals surface area contributed by atoms with Crippen molar-refractivity contribution in [3.05, 3.63) is 83.4 Å². The molecule has 42 heavy (non-hydrogen) atoms. The quantitative estimate of drug-likeness (QED) is 0.200. The van der Waals surface area contributed by atoms with E-state index in [9.17, 15) is 9.00 Å². The van der Waals surface area contributed by atoms with E-state index in [1.54, 1.807) is 19.3 Å². The number of hydrogen-bond acceptors (Lipinski definition) is 6. The number of fused-ring (bicyclic) bond motifs is 2. The first-order valence-corrected chi connectivity index (χ1v) is 16.5. The number of carbonyl (C=O) groups excluding carboxylic acids is 1. The van der Waals surface area contributed by atoms with Crippen LogP contribution in [0.3, 0.4) is 0 Å². The summed E-state index contributed by atoms with van der Waals surface area (Å²) in [5, 5.41) is 0.475. The van der Waals surface area contributed by atoms with Crippen molar-refractivity contribution in [1.29, 1.82) is 0 Å². The third-order valence-corrected chi connectivity index (χ3v) is 10.5. The molecule has 5 atom stereocenters. The van der Waals surface area contributed by atoms with Gasteiger partial charge in [0.05, 0.1) is 18.4 Å². The Kier molecular flexibility index (Phi) is 11.7. The molecule has 2 aromatic rings. The molecular formula is C34H44ClN2O4S-. The fourth-order valence-corrected chi connectivity index (χ4v) is 7.05. The number of anilines is 1. The summed E-state index contributed by atoms with van der Waals surface area (Å²) in [7, 11) is 0.0889. The van der Waals surface area contributed by atoms with Crippen molar-refractivity contribution >= 4 is 33.8 Å². The van der Waals surface area contributed by atoms with E-state index in [1.807, 2.05) is 38.1 Å². The van der Waals surface area contributed by atoms with Gasteiger partial charge in [0.2, 0.25) is 0 Å². The maximum Gasteiger partial charge on any atom is 0.254 e. The molecule has 1 heterocycles. The summed E-state index contributed by atoms with van der Waals surface area (Å²) in [5.74, 6) is 1.13. The van der Waals surface area contributed by atoms with Gasteiger partial charge < -0.3 is 22.9 Å². The number of carbonyl (C=O) groups is 1. The van der Waals surface area contributed by atoms with E-state index in [-0.39, 0.29) is 17.3 Å². The fraction of sp³-hybridized carbons (Fsp3) is 0.500. The molecule has 0 N–H and O–H groups in total. The van der Waals surface area contributed by atoms with Crippen molar-refractivity contribution in [3.8, 4) is 5.75 Å². The lowest BCUT2D eigenvalue weighted by Crippen LogP contribution is -2.43. The third kappa shape index (κ3) is 7.86. The van der Waals surface area contributed by atoms with Gasteiger partial charge in [-0.25, -0.2) is 0 Å². The highest BCUT2D eigenvalue weighted by Gasteiger charge is 2.37. The standard InChI is InChI=1S/C34H44ClN2O4S/c1-6-10-23(3)24(4)42(39)36-34(38)26-14-17-33-31(20-26)37(22-28-13-16-30(28)32(7-2)40-5)21-27-12-15-29(35)19-25(27)11-8-9-18-41-33/h6-7,12,14-15,17,19-20,23-24,28,30,32H,1-2,8-11,13,16,18,21-22H2,3-5H3/q-1. The molecule has 1 saturated carbocycles. The van der Waals surface area contributed by atoms with E-state index < -0.39 is 16.5 Å². The lowest BCUT2D eigenvalue weighted by atomic mass is 9.70. The SMILES string of the molecule is C=CCC(C)C(C)[S-](=O)=NC(=O)c1ccc2c(c1)N(CC1CCC1C(C=C)OC)Cc1ccc(Cl)cc1CCCCO2. The van der Waals surface area contributed by atoms with Gasteiger partial charge in [-0.15, -0.1) is 13.2 Å². The van der Waals surface area contributed by atoms with Crippen LogP contribution in [0, 0.1) is 17.8 Å². The number of methoxy groups -OCH3 is 1. The molecule has 0 saturated heterocycles. The second-order valence-electron chi connectivity index (χ2n) is 11.6. The first-order chi connectivity index (χ1) is 20.2. The minimum absolute atomic E-state index is 0.00154. The average molecular weight is 612 g/mol. The number of benzene rings is 2. The van der Waals surface area contributed by atoms with Crippen LogP contribution in [0.15, 0.2) is 66.1 Å². The molecule has 4 rings (SSSR count). The van der Waals surface area contributed by atoms with Crippen LogP contribution in [-0.2, 0) is 32.5 Å². The van der Waals surface area contributed by atoms with Crippen LogP contribution in [0.4, 0.5) is 5.69 Å². The Balaban J connectivity index is 1.73. The average Bonchev–Trinajstić information content (AvgIpc) is 3.00. The van der Waals surface area contributed by atoms with Crippen LogP contribution < -0.4 is 9.64 Å². The Bertz CT molecular complexity index is 1360. The van der Waals surface area contributed by atoms with Crippen LogP contribution in [0.1, 0.15) is 67.4 Å². The van der Waals surface area contributed by atoms with Crippen molar-refractivity contribution < 1.29 is 18.5 Å². The van der Waals surface area contributed by atoms with Gasteiger partial charge in [-0.1, -0.05) is 54.8 Å². The molecule has 6 nitrogen and oxygen atoms in total. The van der Waals surface area contributed by atoms with Crippen LogP contribution in [0.25, 0.3) is 0 Å². The van der Waals surface area contributed by atoms with Gasteiger partial charge in [0.25, 0.3) is 5.91 Å². The number of rotatable bonds is 10. The first kappa shape index (κ1) is 32.3. The maximum absolute atomic E-state index is 13.3. The highest BCUT2D eigenvalue weighted by atomic mass is 35.5. The van der Waals surface area contributed by atoms with Gasteiger partial charge in [-0.2, -0.15) is 10.6 Å². The number of allylic oxidation sites excluding steroid dienone is 1. The molecule has 2 aliphatic rings. The summed E-state index contributed by atoms with van der Waals surface area (Å²) >= 11 is 6.41. The zero-order valence-electron chi connectivity index (χ0n) is 25.1. The van der Waals surface area contributed by atoms with Crippen LogP contribution in [0.2, 0.25) is 5.02 Å². The Hall–Kier alpha value is -2.61. The summed E-state index contributed by atoms with van der Waals surface area (Å²) in [6, 6.07) is 11.6. The second-order valence-corrected chi connectivity index (χ2v) is 13.5. The van der Waals surface area contributed by atoms with Gasteiger partial charge in [0.1, 0.15) is 5.75 Å². The third-order valence-electron chi connectivity index (χ3n) is 8.86. The number of halogens is 1. The number of amides is 1. The molecule has 2 aromatic carbocycles. The normalized spacial score (nSPS) is 21.8. The first-order valence-electron chi connectivity index (χ1n) is 15.0. The molecule has 1 aliphatic heterocycles. The molecule has 0 bridgehead atoms. The highest BCUT2D eigenvalue weighted by molar-refractivity contribution is 7.75. The van der Waals surface area contributed by atoms with Gasteiger partial charge in [0, 0.05) is 30.8 Å². The number of ether oxygens (including phenoxy) is 2. The zero-order chi connectivity index (χ0) is 30.2. The molecule has 1 aliphatic carbocycles. The number of nitrogens with zero attached hydrogens (tertiary/aromatic N) is 2. The maximum atomic E-state index is 13.3. The van der Waals surface area contributed by atoms with Crippen LogP contribution in [0.5, 0.6) is 5.75 Å². The highest BCUT2D eigenvalue weighted by Crippen LogP contribution is 2.42. The van der Waals surface area contributed by atoms with E-state index in [2.05, 4.69) is 34.6 Å². The molecule has 0 aromatic heterocycles. The summed E-state index contributed by atoms with van der Waals surface area (Å²) in [5.41, 5.74) is 3.69. The molecule has 0 spiro atoms. The van der Waals surface area contributed by atoms with Crippen LogP contribution in [-0.4, -0.2) is 37.5 Å². The van der Waals surface area contributed by atoms with Gasteiger partial charge in [-0.05, 0) is 91.8 Å². The summed E-state index contributed by atoms with van der Waals surface area (Å²) in [6.07, 6.45) is 9.42. The Morgan fingerprint density at radius 2 is 2.00 bits per heavy atom. The van der Waals surface area contributed by atoms with Crippen LogP contribution >= 0.6 is 11.6 Å². The minimum Gasteiger partial charge on any atom is -0.491 e. The predicted molar refractivity (Wildman–Crippen MR) is 173 cm³/mol. The predicted octanol–water partition coefficient (Wildman–Crippen LogP) is 8.18. The zero-order valence-corrected chi connectivity index (χ0v) is 26.7. The Morgan fingerprint density at radius 1 is 1.19 bits per heavy atom. The second kappa shape index (κ2) is 15.2. The van der Waals surface area contributed by atoms with Crippen molar-refractivity contribution in [3.63, 3.8) is 0 Å². The Morgan fingerprint density at radius 3 is 2.69 bits per heavy atom. The van der Waals surface area contributed by atoms with Gasteiger partial charge in [-0.3, -0.25) is 4.79 Å². The van der Waals surface area contributed by atoms with Gasteiger partial charge >= 0.3 is 0 Å². The van der Waals surface area contributed by atoms with E-state index in [0.29, 0.717) is 37.0 Å². The fourth-order valence-electron chi connectivity index (χ4n) is 5.91. The number of hydrogen-bond donors (Lipinski definition) is 0. The molecule has 1 fully saturated rings. The molecule has 228 valence electrons. The van der Waals surface area contributed by atoms with Crippen molar-refractivity contribution in [2.75, 3.05) is 25.2 Å². The summed E-state index contributed by atoms with van der Waals surface area (Å²) < 4.78 is 29.1. The minimum atomic E-state index is -1.65. The van der Waals surface area contributed by atoms with E-state index in [0.717, 1.165) is 55.1 Å². The van der Waals surface area contributed by atoms with E-state index in [4.69, 9.17) is 21.1 Å². The molecule has 5 unspecified atom stereocenters. The Labute approximate surface area is 258 Å². The number of aryl methyl sites for hydroxylation is 1. The summed E-state index contributed by atoms with van der Waals surface area (Å²) in [4.78, 5) is 15.6. The molecule has 0 radical (unpaired) electrons. The lowest BCUT2D eigenvalue weighted by molar-refractivity contribution is 0.0137. The summed E-state index contributed by atoms with van der Waals surface area (Å²) in [6.45, 7) is 13.6. The molecule has 8 heteroatoms. The lowest BCUT2D eigenvalue weighted by Gasteiger charge is -2.43. The van der Waals surface area contributed by atoms with Gasteiger partial charge in [0.15, 0.2) is 0 Å². The largest absolute Gasteiger partial charge is 0.491 e. The molecule has 1 amide bonds. The van der Waals surface area contributed by atoms with Crippen molar-refractivity contribution in [2.45, 2.75) is 70.3 Å². The monoisotopic (exact) mass is 611 g/mol.